The van der Waals surface area contributed by atoms with Crippen LogP contribution in [-0.2, 0) is 0 Å². The summed E-state index contributed by atoms with van der Waals surface area (Å²) in [4.78, 5) is 4.44. The van der Waals surface area contributed by atoms with Crippen molar-refractivity contribution >= 4 is 16.6 Å². The Bertz CT molecular complexity index is 567. The van der Waals surface area contributed by atoms with E-state index in [9.17, 15) is 0 Å². The van der Waals surface area contributed by atoms with Crippen molar-refractivity contribution in [2.75, 3.05) is 11.9 Å². The van der Waals surface area contributed by atoms with Crippen molar-refractivity contribution in [3.8, 4) is 0 Å². The van der Waals surface area contributed by atoms with Crippen LogP contribution in [0, 0.1) is 0 Å². The molecule has 1 aliphatic rings. The van der Waals surface area contributed by atoms with E-state index in [1.54, 1.807) is 5.57 Å². The molecule has 1 aromatic carbocycles. The van der Waals surface area contributed by atoms with Gasteiger partial charge in [-0.05, 0) is 37.1 Å². The Morgan fingerprint density at radius 3 is 3.00 bits per heavy atom. The van der Waals surface area contributed by atoms with E-state index < -0.39 is 0 Å². The van der Waals surface area contributed by atoms with Gasteiger partial charge in [0, 0.05) is 18.1 Å². The van der Waals surface area contributed by atoms with Crippen LogP contribution < -0.4 is 5.32 Å². The molecular weight excluding hydrogens is 220 g/mol. The first kappa shape index (κ1) is 11.3. The summed E-state index contributed by atoms with van der Waals surface area (Å²) >= 11 is 0. The van der Waals surface area contributed by atoms with Crippen LogP contribution in [0.4, 0.5) is 5.82 Å². The molecule has 1 heterocycles. The highest BCUT2D eigenvalue weighted by Crippen LogP contribution is 2.22. The molecule has 0 aliphatic heterocycles. The smallest absolute Gasteiger partial charge is 0.133 e. The molecule has 1 aromatic heterocycles. The third-order valence-electron chi connectivity index (χ3n) is 3.55. The van der Waals surface area contributed by atoms with Crippen LogP contribution >= 0.6 is 0 Å². The van der Waals surface area contributed by atoms with Gasteiger partial charge in [0.25, 0.3) is 0 Å². The fourth-order valence-corrected chi connectivity index (χ4v) is 2.57. The van der Waals surface area contributed by atoms with E-state index in [-0.39, 0.29) is 0 Å². The third kappa shape index (κ3) is 2.37. The molecule has 1 N–H and O–H groups in total. The first-order valence-corrected chi connectivity index (χ1v) is 6.69. The van der Waals surface area contributed by atoms with Gasteiger partial charge in [0.1, 0.15) is 5.82 Å². The van der Waals surface area contributed by atoms with Crippen molar-refractivity contribution in [3.63, 3.8) is 0 Å². The highest BCUT2D eigenvalue weighted by molar-refractivity contribution is 5.91. The lowest BCUT2D eigenvalue weighted by Crippen LogP contribution is -2.04. The van der Waals surface area contributed by atoms with Crippen molar-refractivity contribution in [3.05, 3.63) is 48.2 Å². The summed E-state index contributed by atoms with van der Waals surface area (Å²) in [5.41, 5.74) is 1.60. The number of nitrogens with zero attached hydrogens (tertiary/aromatic N) is 1. The molecule has 92 valence electrons. The first-order valence-electron chi connectivity index (χ1n) is 6.69. The molecule has 2 nitrogen and oxygen atoms in total. The molecule has 2 aromatic rings. The summed E-state index contributed by atoms with van der Waals surface area (Å²) in [6, 6.07) is 10.4. The number of pyridine rings is 1. The van der Waals surface area contributed by atoms with Gasteiger partial charge in [0.15, 0.2) is 0 Å². The number of rotatable bonds is 4. The van der Waals surface area contributed by atoms with Gasteiger partial charge < -0.3 is 5.32 Å². The normalized spacial score (nSPS) is 14.8. The largest absolute Gasteiger partial charge is 0.369 e. The van der Waals surface area contributed by atoms with Gasteiger partial charge in [-0.25, -0.2) is 4.98 Å². The van der Waals surface area contributed by atoms with Crippen LogP contribution in [0.5, 0.6) is 0 Å². The molecule has 0 spiro atoms. The fourth-order valence-electron chi connectivity index (χ4n) is 2.57. The number of nitrogens with one attached hydrogen (secondary N) is 1. The van der Waals surface area contributed by atoms with Gasteiger partial charge in [0.05, 0.1) is 0 Å². The van der Waals surface area contributed by atoms with Crippen LogP contribution in [0.3, 0.4) is 0 Å². The van der Waals surface area contributed by atoms with Crippen molar-refractivity contribution < 1.29 is 0 Å². The Morgan fingerprint density at radius 2 is 2.11 bits per heavy atom. The maximum Gasteiger partial charge on any atom is 0.133 e. The number of hydrogen-bond donors (Lipinski definition) is 1. The highest BCUT2D eigenvalue weighted by Gasteiger charge is 2.05. The number of allylic oxidation sites excluding steroid dienone is 1. The Morgan fingerprint density at radius 1 is 1.17 bits per heavy atom. The third-order valence-corrected chi connectivity index (χ3v) is 3.55. The van der Waals surface area contributed by atoms with Crippen molar-refractivity contribution in [2.45, 2.75) is 25.7 Å². The van der Waals surface area contributed by atoms with Crippen LogP contribution in [-0.4, -0.2) is 11.5 Å². The predicted molar refractivity (Wildman–Crippen MR) is 76.8 cm³/mol. The van der Waals surface area contributed by atoms with E-state index in [4.69, 9.17) is 0 Å². The lowest BCUT2D eigenvalue weighted by molar-refractivity contribution is 0.862. The fraction of sp³-hybridized carbons (Fsp3) is 0.312. The molecule has 1 aliphatic carbocycles. The molecule has 0 fully saturated rings. The minimum absolute atomic E-state index is 0.979. The standard InChI is InChI=1S/C16H18N2/c1-2-6-13(5-1)9-11-17-16-15-8-4-3-7-14(15)10-12-18-16/h3-5,7-8,10,12H,1-2,6,9,11H2,(H,17,18). The van der Waals surface area contributed by atoms with E-state index in [0.29, 0.717) is 0 Å². The second-order valence-corrected chi connectivity index (χ2v) is 4.81. The first-order chi connectivity index (χ1) is 8.93. The average Bonchev–Trinajstić information content (AvgIpc) is 2.92. The second-order valence-electron chi connectivity index (χ2n) is 4.81. The molecule has 0 unspecified atom stereocenters. The number of aromatic nitrogens is 1. The molecule has 18 heavy (non-hydrogen) atoms. The molecule has 0 saturated carbocycles. The molecule has 3 rings (SSSR count). The van der Waals surface area contributed by atoms with Crippen LogP contribution in [0.2, 0.25) is 0 Å². The molecular formula is C16H18N2. The summed E-state index contributed by atoms with van der Waals surface area (Å²) < 4.78 is 0. The quantitative estimate of drug-likeness (QED) is 0.809. The average molecular weight is 238 g/mol. The molecule has 2 heteroatoms. The Hall–Kier alpha value is -1.83. The van der Waals surface area contributed by atoms with Gasteiger partial charge in [-0.3, -0.25) is 0 Å². The molecule has 0 atom stereocenters. The number of anilines is 1. The Balaban J connectivity index is 1.70. The predicted octanol–water partition coefficient (Wildman–Crippen LogP) is 4.15. The summed E-state index contributed by atoms with van der Waals surface area (Å²) in [6.45, 7) is 0.979. The number of fused-ring (bicyclic) bond motifs is 1. The van der Waals surface area contributed by atoms with E-state index in [1.165, 1.54) is 30.0 Å². The molecule has 0 saturated heterocycles. The van der Waals surface area contributed by atoms with Crippen molar-refractivity contribution in [2.24, 2.45) is 0 Å². The van der Waals surface area contributed by atoms with Gasteiger partial charge in [-0.1, -0.05) is 35.9 Å². The SMILES string of the molecule is C1=C(CCNc2nccc3ccccc23)CCC1. The van der Waals surface area contributed by atoms with Crippen LogP contribution in [0.1, 0.15) is 25.7 Å². The van der Waals surface area contributed by atoms with Gasteiger partial charge in [0.2, 0.25) is 0 Å². The van der Waals surface area contributed by atoms with Crippen LogP contribution in [0.25, 0.3) is 10.8 Å². The highest BCUT2D eigenvalue weighted by atomic mass is 15.0. The Kier molecular flexibility index (Phi) is 3.26. The zero-order valence-electron chi connectivity index (χ0n) is 10.5. The summed E-state index contributed by atoms with van der Waals surface area (Å²) in [7, 11) is 0. The maximum atomic E-state index is 4.44. The lowest BCUT2D eigenvalue weighted by atomic mass is 10.1. The molecule has 0 bridgehead atoms. The molecule has 0 amide bonds. The van der Waals surface area contributed by atoms with Crippen molar-refractivity contribution in [1.29, 1.82) is 0 Å². The second kappa shape index (κ2) is 5.21. The Labute approximate surface area is 108 Å². The number of benzene rings is 1. The van der Waals surface area contributed by atoms with E-state index >= 15 is 0 Å². The zero-order chi connectivity index (χ0) is 12.2. The topological polar surface area (TPSA) is 24.9 Å². The maximum absolute atomic E-state index is 4.44. The van der Waals surface area contributed by atoms with Gasteiger partial charge in [-0.15, -0.1) is 0 Å². The summed E-state index contributed by atoms with van der Waals surface area (Å²) in [6.07, 6.45) is 9.29. The van der Waals surface area contributed by atoms with E-state index in [2.05, 4.69) is 46.7 Å². The lowest BCUT2D eigenvalue weighted by Gasteiger charge is -2.08. The summed E-state index contributed by atoms with van der Waals surface area (Å²) in [5, 5.41) is 5.92. The van der Waals surface area contributed by atoms with Gasteiger partial charge in [-0.2, -0.15) is 0 Å². The molecule has 0 radical (unpaired) electrons. The number of hydrogen-bond acceptors (Lipinski definition) is 2. The van der Waals surface area contributed by atoms with Crippen molar-refractivity contribution in [1.82, 2.24) is 4.98 Å². The zero-order valence-corrected chi connectivity index (χ0v) is 10.5. The minimum atomic E-state index is 0.979. The van der Waals surface area contributed by atoms with E-state index in [1.807, 2.05) is 6.20 Å². The minimum Gasteiger partial charge on any atom is -0.369 e. The van der Waals surface area contributed by atoms with E-state index in [0.717, 1.165) is 18.8 Å². The summed E-state index contributed by atoms with van der Waals surface area (Å²) in [5.74, 6) is 1.01. The van der Waals surface area contributed by atoms with Crippen LogP contribution in [0.15, 0.2) is 48.2 Å². The van der Waals surface area contributed by atoms with Gasteiger partial charge >= 0.3 is 0 Å². The monoisotopic (exact) mass is 238 g/mol.